The van der Waals surface area contributed by atoms with E-state index < -0.39 is 15.9 Å². The van der Waals surface area contributed by atoms with Gasteiger partial charge in [0.25, 0.3) is 0 Å². The Morgan fingerprint density at radius 3 is 1.90 bits per heavy atom. The van der Waals surface area contributed by atoms with Crippen LogP contribution in [0.25, 0.3) is 17.2 Å². The van der Waals surface area contributed by atoms with E-state index in [-0.39, 0.29) is 13.9 Å². The molecule has 5 rings (SSSR count). The summed E-state index contributed by atoms with van der Waals surface area (Å²) in [6, 6.07) is 25.5. The van der Waals surface area contributed by atoms with Crippen molar-refractivity contribution in [2.75, 3.05) is 6.61 Å². The van der Waals surface area contributed by atoms with Crippen molar-refractivity contribution >= 4 is 26.8 Å². The second-order valence-corrected chi connectivity index (χ2v) is 29.8. The van der Waals surface area contributed by atoms with Gasteiger partial charge in [0.15, 0.2) is 0 Å². The van der Waals surface area contributed by atoms with E-state index in [1.165, 1.54) is 33.4 Å². The zero-order valence-electron chi connectivity index (χ0n) is 16.9. The van der Waals surface area contributed by atoms with Crippen LogP contribution in [0.5, 0.6) is 0 Å². The van der Waals surface area contributed by atoms with Crippen LogP contribution in [-0.4, -0.2) is 15.4 Å². The number of rotatable bonds is 4. The molecule has 0 saturated heterocycles. The third-order valence-electron chi connectivity index (χ3n) is 6.91. The van der Waals surface area contributed by atoms with Crippen LogP contribution in [0.2, 0.25) is 0 Å². The second kappa shape index (κ2) is 7.38. The predicted molar refractivity (Wildman–Crippen MR) is 126 cm³/mol. The van der Waals surface area contributed by atoms with Crippen molar-refractivity contribution in [3.05, 3.63) is 101 Å². The van der Waals surface area contributed by atoms with E-state index in [1.807, 2.05) is 6.92 Å². The third-order valence-corrected chi connectivity index (χ3v) is 26.0. The van der Waals surface area contributed by atoms with Gasteiger partial charge in [0.1, 0.15) is 0 Å². The Balaban J connectivity index is 1.82. The van der Waals surface area contributed by atoms with Gasteiger partial charge in [0.05, 0.1) is 0 Å². The first-order chi connectivity index (χ1) is 14.5. The normalized spacial score (nSPS) is 17.9. The van der Waals surface area contributed by atoms with Crippen LogP contribution in [0.4, 0.5) is 0 Å². The molecule has 3 aromatic carbocycles. The summed E-state index contributed by atoms with van der Waals surface area (Å²) >= 11 is -4.75. The van der Waals surface area contributed by atoms with E-state index in [4.69, 9.17) is 17.0 Å². The average molecular weight is 515 g/mol. The number of hydrogen-bond donors (Lipinski definition) is 1. The van der Waals surface area contributed by atoms with E-state index in [1.54, 1.807) is 0 Å². The minimum atomic E-state index is -4.75. The first-order valence-electron chi connectivity index (χ1n) is 10.5. The van der Waals surface area contributed by atoms with Crippen molar-refractivity contribution in [2.45, 2.75) is 20.6 Å². The number of fused-ring (bicyclic) bond motifs is 4. The molecule has 0 amide bonds. The molecule has 30 heavy (non-hydrogen) atoms. The fraction of sp³-hybridized carbons (Fsp3) is 0.192. The van der Waals surface area contributed by atoms with Crippen molar-refractivity contribution in [3.63, 3.8) is 0 Å². The zero-order valence-corrected chi connectivity index (χ0v) is 20.8. The Kier molecular flexibility index (Phi) is 5.07. The Bertz CT molecular complexity index is 1210. The molecule has 0 bridgehead atoms. The van der Waals surface area contributed by atoms with Crippen molar-refractivity contribution in [1.29, 1.82) is 0 Å². The summed E-state index contributed by atoms with van der Waals surface area (Å²) in [5.41, 5.74) is 8.49. The quantitative estimate of drug-likeness (QED) is 0.394. The zero-order chi connectivity index (χ0) is 21.0. The summed E-state index contributed by atoms with van der Waals surface area (Å²) in [5, 5.41) is 9.81. The molecule has 2 aliphatic carbocycles. The molecule has 0 aliphatic heterocycles. The van der Waals surface area contributed by atoms with Gasteiger partial charge in [-0.3, -0.25) is 0 Å². The molecule has 0 aromatic heterocycles. The second-order valence-electron chi connectivity index (χ2n) is 8.38. The summed E-state index contributed by atoms with van der Waals surface area (Å²) in [6.07, 6.45) is 2.79. The Labute approximate surface area is 185 Å². The van der Waals surface area contributed by atoms with Crippen molar-refractivity contribution in [1.82, 2.24) is 0 Å². The minimum absolute atomic E-state index is 0.0228. The number of aliphatic hydroxyl groups excluding tert-OH is 1. The SMILES string of the molecule is C[CH]=[Zr]([Cl])([Cl])([CH]1C(CCO)=Cc2ccccc21)[CH]1c2ccccc2-c2ccccc21. The molecular weight excluding hydrogens is 490 g/mol. The fourth-order valence-corrected chi connectivity index (χ4v) is 22.5. The maximum absolute atomic E-state index is 9.81. The van der Waals surface area contributed by atoms with Crippen LogP contribution in [0.15, 0.2) is 78.4 Å². The molecule has 0 radical (unpaired) electrons. The number of halogens is 2. The van der Waals surface area contributed by atoms with Gasteiger partial charge in [0.2, 0.25) is 0 Å². The molecule has 0 heterocycles. The van der Waals surface area contributed by atoms with Crippen molar-refractivity contribution in [3.8, 4) is 11.1 Å². The van der Waals surface area contributed by atoms with Gasteiger partial charge in [-0.05, 0) is 0 Å². The summed E-state index contributed by atoms with van der Waals surface area (Å²) in [7, 11) is 15.8. The van der Waals surface area contributed by atoms with Crippen LogP contribution < -0.4 is 0 Å². The van der Waals surface area contributed by atoms with E-state index in [2.05, 4.69) is 82.6 Å². The molecular formula is C26H24Cl2OZr. The monoisotopic (exact) mass is 512 g/mol. The molecule has 1 atom stereocenters. The molecule has 4 heteroatoms. The van der Waals surface area contributed by atoms with Gasteiger partial charge in [-0.25, -0.2) is 0 Å². The molecule has 152 valence electrons. The molecule has 2 aliphatic rings. The molecule has 0 saturated carbocycles. The molecule has 3 aromatic rings. The van der Waals surface area contributed by atoms with E-state index in [0.29, 0.717) is 6.42 Å². The summed E-state index contributed by atoms with van der Waals surface area (Å²) in [4.78, 5) is 0. The summed E-state index contributed by atoms with van der Waals surface area (Å²) < 4.78 is 2.10. The third kappa shape index (κ3) is 2.85. The predicted octanol–water partition coefficient (Wildman–Crippen LogP) is 7.10. The number of benzene rings is 3. The number of hydrogen-bond acceptors (Lipinski definition) is 1. The van der Waals surface area contributed by atoms with Crippen LogP contribution in [-0.2, 0) is 15.9 Å². The molecule has 1 unspecified atom stereocenters. The van der Waals surface area contributed by atoms with E-state index in [0.717, 1.165) is 5.57 Å². The van der Waals surface area contributed by atoms with Crippen molar-refractivity contribution in [2.24, 2.45) is 0 Å². The van der Waals surface area contributed by atoms with Crippen LogP contribution >= 0.6 is 17.0 Å². The van der Waals surface area contributed by atoms with Gasteiger partial charge in [0, 0.05) is 0 Å². The first-order valence-corrected chi connectivity index (χ1v) is 21.0. The van der Waals surface area contributed by atoms with Crippen LogP contribution in [0.1, 0.15) is 42.8 Å². The van der Waals surface area contributed by atoms with Gasteiger partial charge in [-0.1, -0.05) is 0 Å². The maximum atomic E-state index is 9.81. The summed E-state index contributed by atoms with van der Waals surface area (Å²) in [5.74, 6) is 0. The van der Waals surface area contributed by atoms with Crippen LogP contribution in [0, 0.1) is 0 Å². The fourth-order valence-electron chi connectivity index (χ4n) is 5.63. The van der Waals surface area contributed by atoms with Gasteiger partial charge >= 0.3 is 187 Å². The number of aliphatic hydroxyl groups is 1. The first kappa shape index (κ1) is 20.6. The Morgan fingerprint density at radius 1 is 0.800 bits per heavy atom. The Morgan fingerprint density at radius 2 is 1.33 bits per heavy atom. The molecule has 0 fully saturated rings. The van der Waals surface area contributed by atoms with Gasteiger partial charge in [-0.15, -0.1) is 0 Å². The Hall–Kier alpha value is -1.31. The topological polar surface area (TPSA) is 20.2 Å². The van der Waals surface area contributed by atoms with Crippen molar-refractivity contribution < 1.29 is 21.0 Å². The van der Waals surface area contributed by atoms with E-state index in [9.17, 15) is 5.11 Å². The molecule has 0 spiro atoms. The van der Waals surface area contributed by atoms with Crippen LogP contribution in [0.3, 0.4) is 0 Å². The van der Waals surface area contributed by atoms with Gasteiger partial charge < -0.3 is 0 Å². The van der Waals surface area contributed by atoms with E-state index >= 15 is 0 Å². The average Bonchev–Trinajstić information content (AvgIpc) is 3.31. The molecule has 1 N–H and O–H groups in total. The summed E-state index contributed by atoms with van der Waals surface area (Å²) in [6.45, 7) is 2.14. The van der Waals surface area contributed by atoms with Gasteiger partial charge in [-0.2, -0.15) is 0 Å². The molecule has 1 nitrogen and oxygen atoms in total. The standard InChI is InChI=1S/C13H9.C11H11O.C2H4.2ClH.Zr/c1-3-7-12-10(5-1)9-11-6-2-4-8-13(11)12;12-6-5-9-7-10-3-1-2-4-11(10)8-9;1-2;;;/h1-9H;1-4,7-8,12H,5-6H2;1H,2H3;2*1H;/q;;;;;+2/p-2.